The average Bonchev–Trinajstić information content (AvgIpc) is 2.37. The van der Waals surface area contributed by atoms with Gasteiger partial charge >= 0.3 is 5.97 Å². The van der Waals surface area contributed by atoms with E-state index in [9.17, 15) is 9.59 Å². The number of halogens is 3. The van der Waals surface area contributed by atoms with Gasteiger partial charge in [-0.2, -0.15) is 0 Å². The van der Waals surface area contributed by atoms with E-state index in [-0.39, 0.29) is 6.54 Å². The van der Waals surface area contributed by atoms with Gasteiger partial charge < -0.3 is 10.1 Å². The summed E-state index contributed by atoms with van der Waals surface area (Å²) in [6, 6.07) is 4.98. The number of carbonyl (C=O) groups excluding carboxylic acids is 2. The minimum absolute atomic E-state index is 0.0318. The standard InChI is InChI=1S/C11H10BrCl2NO3/c1-18-11(17)8(13)5-15-10(16)6-3-2-4-7(12)9(6)14/h2-4,8H,5H2,1H3,(H,15,16). The van der Waals surface area contributed by atoms with Gasteiger partial charge in [0, 0.05) is 11.0 Å². The Morgan fingerprint density at radius 3 is 2.78 bits per heavy atom. The number of ether oxygens (including phenoxy) is 1. The number of hydrogen-bond acceptors (Lipinski definition) is 3. The van der Waals surface area contributed by atoms with Gasteiger partial charge in [0.25, 0.3) is 5.91 Å². The fourth-order valence-corrected chi connectivity index (χ4v) is 1.91. The molecule has 1 unspecified atom stereocenters. The molecule has 4 nitrogen and oxygen atoms in total. The molecule has 0 saturated heterocycles. The monoisotopic (exact) mass is 353 g/mol. The molecule has 0 saturated carbocycles. The number of esters is 1. The number of alkyl halides is 1. The summed E-state index contributed by atoms with van der Waals surface area (Å²) in [7, 11) is 1.23. The molecule has 0 spiro atoms. The van der Waals surface area contributed by atoms with Gasteiger partial charge in [0.15, 0.2) is 0 Å². The van der Waals surface area contributed by atoms with Crippen LogP contribution in [-0.4, -0.2) is 30.9 Å². The molecule has 1 aromatic rings. The van der Waals surface area contributed by atoms with Crippen molar-refractivity contribution in [2.24, 2.45) is 0 Å². The van der Waals surface area contributed by atoms with Crippen LogP contribution in [-0.2, 0) is 9.53 Å². The van der Waals surface area contributed by atoms with Crippen molar-refractivity contribution < 1.29 is 14.3 Å². The molecule has 1 N–H and O–H groups in total. The van der Waals surface area contributed by atoms with Crippen molar-refractivity contribution in [3.05, 3.63) is 33.3 Å². The van der Waals surface area contributed by atoms with Crippen LogP contribution in [0.15, 0.2) is 22.7 Å². The summed E-state index contributed by atoms with van der Waals surface area (Å²) in [6.07, 6.45) is 0. The zero-order valence-electron chi connectivity index (χ0n) is 9.38. The number of amides is 1. The second-order valence-corrected chi connectivity index (χ2v) is 5.06. The predicted molar refractivity (Wildman–Crippen MR) is 73.1 cm³/mol. The number of nitrogens with one attached hydrogen (secondary N) is 1. The molecule has 98 valence electrons. The second kappa shape index (κ2) is 6.97. The Morgan fingerprint density at radius 1 is 1.50 bits per heavy atom. The molecule has 0 aliphatic heterocycles. The molecule has 0 bridgehead atoms. The molecule has 0 fully saturated rings. The number of rotatable bonds is 4. The van der Waals surface area contributed by atoms with Gasteiger partial charge in [-0.1, -0.05) is 17.7 Å². The number of carbonyl (C=O) groups is 2. The van der Waals surface area contributed by atoms with Crippen molar-refractivity contribution >= 4 is 51.0 Å². The van der Waals surface area contributed by atoms with Gasteiger partial charge in [0.2, 0.25) is 0 Å². The molecule has 0 radical (unpaired) electrons. The van der Waals surface area contributed by atoms with Crippen LogP contribution in [0.3, 0.4) is 0 Å². The summed E-state index contributed by atoms with van der Waals surface area (Å²) < 4.78 is 5.05. The van der Waals surface area contributed by atoms with Crippen LogP contribution >= 0.6 is 39.1 Å². The molecule has 18 heavy (non-hydrogen) atoms. The highest BCUT2D eigenvalue weighted by molar-refractivity contribution is 9.10. The highest BCUT2D eigenvalue weighted by Crippen LogP contribution is 2.25. The molecule has 1 amide bonds. The average molecular weight is 355 g/mol. The number of hydrogen-bond donors (Lipinski definition) is 1. The Hall–Kier alpha value is -0.780. The normalized spacial score (nSPS) is 11.8. The third-order valence-electron chi connectivity index (χ3n) is 2.09. The van der Waals surface area contributed by atoms with Crippen molar-refractivity contribution in [2.75, 3.05) is 13.7 Å². The van der Waals surface area contributed by atoms with E-state index >= 15 is 0 Å². The van der Waals surface area contributed by atoms with Gasteiger partial charge in [0.05, 0.1) is 17.7 Å². The Balaban J connectivity index is 2.66. The number of methoxy groups -OCH3 is 1. The van der Waals surface area contributed by atoms with Crippen LogP contribution in [0.4, 0.5) is 0 Å². The maximum Gasteiger partial charge on any atom is 0.325 e. The van der Waals surface area contributed by atoms with E-state index in [4.69, 9.17) is 23.2 Å². The van der Waals surface area contributed by atoms with E-state index in [0.717, 1.165) is 0 Å². The molecule has 0 aromatic heterocycles. The minimum Gasteiger partial charge on any atom is -0.468 e. The fourth-order valence-electron chi connectivity index (χ4n) is 1.17. The van der Waals surface area contributed by atoms with Gasteiger partial charge in [-0.25, -0.2) is 0 Å². The summed E-state index contributed by atoms with van der Waals surface area (Å²) in [6.45, 7) is -0.0318. The van der Waals surface area contributed by atoms with Crippen LogP contribution in [0.25, 0.3) is 0 Å². The van der Waals surface area contributed by atoms with Gasteiger partial charge in [-0.05, 0) is 28.1 Å². The van der Waals surface area contributed by atoms with Gasteiger partial charge in [-0.15, -0.1) is 11.6 Å². The Bertz CT molecular complexity index is 468. The van der Waals surface area contributed by atoms with E-state index in [2.05, 4.69) is 26.0 Å². The largest absolute Gasteiger partial charge is 0.468 e. The minimum atomic E-state index is -0.926. The third kappa shape index (κ3) is 3.86. The van der Waals surface area contributed by atoms with E-state index in [1.807, 2.05) is 0 Å². The zero-order valence-corrected chi connectivity index (χ0v) is 12.5. The first-order valence-electron chi connectivity index (χ1n) is 4.91. The maximum absolute atomic E-state index is 11.8. The molecule has 0 aliphatic carbocycles. The topological polar surface area (TPSA) is 55.4 Å². The summed E-state index contributed by atoms with van der Waals surface area (Å²) >= 11 is 14.9. The summed E-state index contributed by atoms with van der Waals surface area (Å²) in [4.78, 5) is 22.8. The SMILES string of the molecule is COC(=O)C(Cl)CNC(=O)c1cccc(Br)c1Cl. The van der Waals surface area contributed by atoms with Crippen LogP contribution in [0.2, 0.25) is 5.02 Å². The maximum atomic E-state index is 11.8. The quantitative estimate of drug-likeness (QED) is 0.668. The predicted octanol–water partition coefficient (Wildman–Crippen LogP) is 2.61. The molecule has 0 aliphatic rings. The molecule has 0 heterocycles. The van der Waals surface area contributed by atoms with E-state index in [1.165, 1.54) is 7.11 Å². The molecule has 1 rings (SSSR count). The van der Waals surface area contributed by atoms with Crippen LogP contribution in [0, 0.1) is 0 Å². The van der Waals surface area contributed by atoms with Crippen molar-refractivity contribution in [2.45, 2.75) is 5.38 Å². The van der Waals surface area contributed by atoms with Crippen LogP contribution in [0.1, 0.15) is 10.4 Å². The summed E-state index contributed by atoms with van der Waals surface area (Å²) in [5.41, 5.74) is 0.305. The van der Waals surface area contributed by atoms with Crippen molar-refractivity contribution in [1.29, 1.82) is 0 Å². The first-order valence-corrected chi connectivity index (χ1v) is 6.52. The van der Waals surface area contributed by atoms with Crippen molar-refractivity contribution in [3.63, 3.8) is 0 Å². The molecule has 1 atom stereocenters. The van der Waals surface area contributed by atoms with E-state index in [1.54, 1.807) is 18.2 Å². The lowest BCUT2D eigenvalue weighted by molar-refractivity contribution is -0.140. The highest BCUT2D eigenvalue weighted by atomic mass is 79.9. The lowest BCUT2D eigenvalue weighted by atomic mass is 10.2. The first-order chi connectivity index (χ1) is 8.47. The Kier molecular flexibility index (Phi) is 5.91. The first kappa shape index (κ1) is 15.3. The lowest BCUT2D eigenvalue weighted by Crippen LogP contribution is -2.34. The van der Waals surface area contributed by atoms with Crippen molar-refractivity contribution in [3.8, 4) is 0 Å². The van der Waals surface area contributed by atoms with Gasteiger partial charge in [-0.3, -0.25) is 9.59 Å². The van der Waals surface area contributed by atoms with Gasteiger partial charge in [0.1, 0.15) is 5.38 Å². The van der Waals surface area contributed by atoms with Crippen LogP contribution in [0.5, 0.6) is 0 Å². The third-order valence-corrected chi connectivity index (χ3v) is 3.72. The summed E-state index contributed by atoms with van der Waals surface area (Å²) in [5.74, 6) is -1.01. The Labute approximate surface area is 123 Å². The fraction of sp³-hybridized carbons (Fsp3) is 0.273. The van der Waals surface area contributed by atoms with Crippen LogP contribution < -0.4 is 5.32 Å². The van der Waals surface area contributed by atoms with Crippen molar-refractivity contribution in [1.82, 2.24) is 5.32 Å². The Morgan fingerprint density at radius 2 is 2.17 bits per heavy atom. The zero-order chi connectivity index (χ0) is 13.7. The van der Waals surface area contributed by atoms with E-state index in [0.29, 0.717) is 15.1 Å². The highest BCUT2D eigenvalue weighted by Gasteiger charge is 2.18. The van der Waals surface area contributed by atoms with E-state index < -0.39 is 17.3 Å². The number of benzene rings is 1. The lowest BCUT2D eigenvalue weighted by Gasteiger charge is -2.10. The molecule has 7 heteroatoms. The summed E-state index contributed by atoms with van der Waals surface area (Å²) in [5, 5.41) is 1.88. The second-order valence-electron chi connectivity index (χ2n) is 3.30. The molecule has 1 aromatic carbocycles. The molecular formula is C11H10BrCl2NO3. The smallest absolute Gasteiger partial charge is 0.325 e. The molecular weight excluding hydrogens is 345 g/mol.